The summed E-state index contributed by atoms with van der Waals surface area (Å²) in [5.74, 6) is 0.471. The van der Waals surface area contributed by atoms with Crippen LogP contribution in [0.3, 0.4) is 0 Å². The van der Waals surface area contributed by atoms with Crippen molar-refractivity contribution in [2.75, 3.05) is 26.3 Å². The minimum Gasteiger partial charge on any atom is -0.379 e. The van der Waals surface area contributed by atoms with Crippen molar-refractivity contribution < 1.29 is 9.53 Å². The Labute approximate surface area is 103 Å². The van der Waals surface area contributed by atoms with Crippen molar-refractivity contribution in [2.24, 2.45) is 11.7 Å². The molecule has 2 rings (SSSR count). The lowest BCUT2D eigenvalue weighted by atomic mass is 9.83. The first-order chi connectivity index (χ1) is 8.25. The van der Waals surface area contributed by atoms with Crippen molar-refractivity contribution in [2.45, 2.75) is 38.1 Å². The summed E-state index contributed by atoms with van der Waals surface area (Å²) in [7, 11) is 0. The highest BCUT2D eigenvalue weighted by molar-refractivity contribution is 5.75. The van der Waals surface area contributed by atoms with Crippen LogP contribution in [0.2, 0.25) is 0 Å². The lowest BCUT2D eigenvalue weighted by Gasteiger charge is -2.30. The summed E-state index contributed by atoms with van der Waals surface area (Å²) in [4.78, 5) is 11.9. The molecule has 5 heteroatoms. The fourth-order valence-electron chi connectivity index (χ4n) is 2.63. The highest BCUT2D eigenvalue weighted by Crippen LogP contribution is 2.25. The number of nitrogens with zero attached hydrogens (tertiary/aromatic N) is 1. The highest BCUT2D eigenvalue weighted by atomic mass is 16.5. The first kappa shape index (κ1) is 12.8. The minimum absolute atomic E-state index is 0.106. The quantitative estimate of drug-likeness (QED) is 0.743. The molecule has 1 aliphatic heterocycles. The van der Waals surface area contributed by atoms with Crippen LogP contribution in [0.25, 0.3) is 0 Å². The van der Waals surface area contributed by atoms with Crippen LogP contribution in [-0.2, 0) is 9.53 Å². The van der Waals surface area contributed by atoms with Crippen molar-refractivity contribution in [1.29, 1.82) is 0 Å². The largest absolute Gasteiger partial charge is 0.379 e. The van der Waals surface area contributed by atoms with Gasteiger partial charge in [0.25, 0.3) is 0 Å². The predicted molar refractivity (Wildman–Crippen MR) is 65.1 cm³/mol. The Hall–Kier alpha value is -0.650. The zero-order valence-electron chi connectivity index (χ0n) is 10.4. The number of ether oxygens (including phenoxy) is 1. The van der Waals surface area contributed by atoms with E-state index in [1.165, 1.54) is 12.8 Å². The fourth-order valence-corrected chi connectivity index (χ4v) is 2.63. The number of rotatable bonds is 3. The molecule has 0 aromatic heterocycles. The van der Waals surface area contributed by atoms with E-state index in [0.29, 0.717) is 25.6 Å². The van der Waals surface area contributed by atoms with Crippen LogP contribution < -0.4 is 11.2 Å². The lowest BCUT2D eigenvalue weighted by molar-refractivity contribution is -0.129. The monoisotopic (exact) mass is 241 g/mol. The molecular formula is C12H23N3O2. The van der Waals surface area contributed by atoms with Crippen molar-refractivity contribution >= 4 is 5.91 Å². The first-order valence-corrected chi connectivity index (χ1v) is 6.63. The van der Waals surface area contributed by atoms with Gasteiger partial charge in [-0.2, -0.15) is 0 Å². The maximum Gasteiger partial charge on any atom is 0.234 e. The number of nitrogens with one attached hydrogen (secondary N) is 1. The van der Waals surface area contributed by atoms with Gasteiger partial charge in [0.15, 0.2) is 0 Å². The van der Waals surface area contributed by atoms with Gasteiger partial charge in [-0.25, -0.2) is 5.01 Å². The molecule has 2 unspecified atom stereocenters. The van der Waals surface area contributed by atoms with Gasteiger partial charge in [0.05, 0.1) is 13.2 Å². The Morgan fingerprint density at radius 2 is 2.00 bits per heavy atom. The zero-order chi connectivity index (χ0) is 12.1. The van der Waals surface area contributed by atoms with E-state index in [1.807, 2.05) is 5.01 Å². The molecule has 0 radical (unpaired) electrons. The number of carbonyl (C=O) groups is 1. The number of carbonyl (C=O) groups excluding carboxylic acids is 1. The van der Waals surface area contributed by atoms with Crippen LogP contribution in [0.1, 0.15) is 32.1 Å². The molecule has 0 bridgehead atoms. The van der Waals surface area contributed by atoms with Gasteiger partial charge in [0, 0.05) is 25.6 Å². The third kappa shape index (κ3) is 3.94. The standard InChI is InChI=1S/C12H23N3O2/c13-11-4-2-1-3-10(11)9-12(16)14-15-5-7-17-8-6-15/h10-11H,1-9,13H2,(H,14,16). The van der Waals surface area contributed by atoms with E-state index in [4.69, 9.17) is 10.5 Å². The second-order valence-corrected chi connectivity index (χ2v) is 5.05. The topological polar surface area (TPSA) is 67.6 Å². The molecule has 0 aromatic rings. The van der Waals surface area contributed by atoms with E-state index < -0.39 is 0 Å². The van der Waals surface area contributed by atoms with Gasteiger partial charge in [-0.15, -0.1) is 0 Å². The number of amides is 1. The SMILES string of the molecule is NC1CCCCC1CC(=O)NN1CCOCC1. The molecule has 2 aliphatic rings. The molecule has 17 heavy (non-hydrogen) atoms. The molecule has 2 fully saturated rings. The smallest absolute Gasteiger partial charge is 0.234 e. The second kappa shape index (κ2) is 6.33. The van der Waals surface area contributed by atoms with Gasteiger partial charge in [-0.1, -0.05) is 12.8 Å². The molecule has 1 aliphatic carbocycles. The van der Waals surface area contributed by atoms with Gasteiger partial charge >= 0.3 is 0 Å². The predicted octanol–water partition coefficient (Wildman–Crippen LogP) is 0.257. The molecule has 1 saturated carbocycles. The van der Waals surface area contributed by atoms with Crippen molar-refractivity contribution in [3.8, 4) is 0 Å². The molecular weight excluding hydrogens is 218 g/mol. The average Bonchev–Trinajstić information content (AvgIpc) is 2.33. The third-order valence-electron chi connectivity index (χ3n) is 3.71. The summed E-state index contributed by atoms with van der Waals surface area (Å²) in [6.45, 7) is 2.96. The van der Waals surface area contributed by atoms with Gasteiger partial charge in [-0.3, -0.25) is 10.2 Å². The summed E-state index contributed by atoms with van der Waals surface area (Å²) < 4.78 is 5.24. The molecule has 0 spiro atoms. The Morgan fingerprint density at radius 3 is 2.71 bits per heavy atom. The lowest BCUT2D eigenvalue weighted by Crippen LogP contribution is -2.49. The van der Waals surface area contributed by atoms with E-state index >= 15 is 0 Å². The van der Waals surface area contributed by atoms with Crippen LogP contribution in [-0.4, -0.2) is 43.3 Å². The summed E-state index contributed by atoms with van der Waals surface area (Å²) >= 11 is 0. The molecule has 1 amide bonds. The Bertz CT molecular complexity index is 254. The molecule has 0 aromatic carbocycles. The van der Waals surface area contributed by atoms with E-state index in [-0.39, 0.29) is 11.9 Å². The van der Waals surface area contributed by atoms with Gasteiger partial charge in [0.1, 0.15) is 0 Å². The van der Waals surface area contributed by atoms with E-state index in [9.17, 15) is 4.79 Å². The van der Waals surface area contributed by atoms with Gasteiger partial charge in [-0.05, 0) is 18.8 Å². The minimum atomic E-state index is 0.106. The number of morpholine rings is 1. The Morgan fingerprint density at radius 1 is 1.29 bits per heavy atom. The maximum atomic E-state index is 11.9. The normalized spacial score (nSPS) is 31.1. The summed E-state index contributed by atoms with van der Waals surface area (Å²) in [5, 5.41) is 1.94. The summed E-state index contributed by atoms with van der Waals surface area (Å²) in [6, 6.07) is 0.208. The number of hydrogen-bond acceptors (Lipinski definition) is 4. The maximum absolute atomic E-state index is 11.9. The van der Waals surface area contributed by atoms with Crippen LogP contribution in [0.4, 0.5) is 0 Å². The molecule has 3 N–H and O–H groups in total. The van der Waals surface area contributed by atoms with Crippen molar-refractivity contribution in [3.63, 3.8) is 0 Å². The second-order valence-electron chi connectivity index (χ2n) is 5.05. The number of nitrogens with two attached hydrogens (primary N) is 1. The number of hydrazine groups is 1. The first-order valence-electron chi connectivity index (χ1n) is 6.63. The zero-order valence-corrected chi connectivity index (χ0v) is 10.4. The van der Waals surface area contributed by atoms with Crippen LogP contribution in [0, 0.1) is 5.92 Å². The Kier molecular flexibility index (Phi) is 4.76. The number of hydrogen-bond donors (Lipinski definition) is 2. The van der Waals surface area contributed by atoms with Crippen molar-refractivity contribution in [1.82, 2.24) is 10.4 Å². The van der Waals surface area contributed by atoms with Crippen LogP contribution in [0.5, 0.6) is 0 Å². The van der Waals surface area contributed by atoms with Gasteiger partial charge in [0.2, 0.25) is 5.91 Å². The molecule has 1 saturated heterocycles. The van der Waals surface area contributed by atoms with Crippen LogP contribution >= 0.6 is 0 Å². The molecule has 1 heterocycles. The van der Waals surface area contributed by atoms with Gasteiger partial charge < -0.3 is 10.5 Å². The Balaban J connectivity index is 1.72. The van der Waals surface area contributed by atoms with E-state index in [1.54, 1.807) is 0 Å². The van der Waals surface area contributed by atoms with Crippen LogP contribution in [0.15, 0.2) is 0 Å². The summed E-state index contributed by atoms with van der Waals surface area (Å²) in [5.41, 5.74) is 8.99. The summed E-state index contributed by atoms with van der Waals surface area (Å²) in [6.07, 6.45) is 5.15. The average molecular weight is 241 g/mol. The molecule has 98 valence electrons. The molecule has 5 nitrogen and oxygen atoms in total. The third-order valence-corrected chi connectivity index (χ3v) is 3.71. The van der Waals surface area contributed by atoms with E-state index in [2.05, 4.69) is 5.43 Å². The highest BCUT2D eigenvalue weighted by Gasteiger charge is 2.25. The van der Waals surface area contributed by atoms with E-state index in [0.717, 1.165) is 25.9 Å². The fraction of sp³-hybridized carbons (Fsp3) is 0.917. The molecule has 2 atom stereocenters. The van der Waals surface area contributed by atoms with Crippen molar-refractivity contribution in [3.05, 3.63) is 0 Å².